The molecule has 174 valence electrons. The first-order valence-corrected chi connectivity index (χ1v) is 10.6. The number of aromatic nitrogens is 4. The van der Waals surface area contributed by atoms with Crippen molar-refractivity contribution in [1.82, 2.24) is 19.7 Å². The summed E-state index contributed by atoms with van der Waals surface area (Å²) in [5.74, 6) is 1.79. The molecule has 0 aliphatic rings. The molecule has 5 rings (SSSR count). The van der Waals surface area contributed by atoms with E-state index in [1.165, 1.54) is 13.2 Å². The van der Waals surface area contributed by atoms with E-state index in [2.05, 4.69) is 20.4 Å². The van der Waals surface area contributed by atoms with Crippen LogP contribution in [0.2, 0.25) is 0 Å². The Morgan fingerprint density at radius 3 is 2.63 bits per heavy atom. The molecule has 0 saturated heterocycles. The summed E-state index contributed by atoms with van der Waals surface area (Å²) in [7, 11) is 1.48. The fraction of sp³-hybridized carbons (Fsp3) is 0.0800. The molecule has 0 spiro atoms. The molecule has 0 unspecified atom stereocenters. The molecule has 0 aliphatic carbocycles. The molecule has 10 heteroatoms. The zero-order valence-corrected chi connectivity index (χ0v) is 18.8. The van der Waals surface area contributed by atoms with E-state index in [0.29, 0.717) is 40.1 Å². The number of carbonyl (C=O) groups is 1. The summed E-state index contributed by atoms with van der Waals surface area (Å²) >= 11 is 0. The van der Waals surface area contributed by atoms with Gasteiger partial charge in [0.2, 0.25) is 5.88 Å². The zero-order chi connectivity index (χ0) is 24.4. The van der Waals surface area contributed by atoms with Crippen molar-refractivity contribution in [2.24, 2.45) is 0 Å². The minimum Gasteiger partial charge on any atom is -0.493 e. The van der Waals surface area contributed by atoms with Gasteiger partial charge in [0.05, 0.1) is 7.11 Å². The third-order valence-electron chi connectivity index (χ3n) is 5.06. The van der Waals surface area contributed by atoms with Gasteiger partial charge in [-0.2, -0.15) is 10.1 Å². The van der Waals surface area contributed by atoms with Crippen LogP contribution in [0.4, 0.5) is 5.69 Å². The van der Waals surface area contributed by atoms with Gasteiger partial charge in [-0.3, -0.25) is 4.79 Å². The van der Waals surface area contributed by atoms with E-state index in [-0.39, 0.29) is 11.1 Å². The van der Waals surface area contributed by atoms with Crippen LogP contribution >= 0.6 is 0 Å². The molecule has 0 atom stereocenters. The van der Waals surface area contributed by atoms with E-state index >= 15 is 0 Å². The molecule has 10 nitrogen and oxygen atoms in total. The van der Waals surface area contributed by atoms with Crippen LogP contribution in [0.25, 0.3) is 16.8 Å². The van der Waals surface area contributed by atoms with Crippen molar-refractivity contribution in [2.75, 3.05) is 12.4 Å². The molecular formula is C25H19N5O5. The Morgan fingerprint density at radius 1 is 1.06 bits per heavy atom. The second-order valence-electron chi connectivity index (χ2n) is 7.47. The molecular weight excluding hydrogens is 450 g/mol. The van der Waals surface area contributed by atoms with Crippen molar-refractivity contribution < 1.29 is 18.7 Å². The van der Waals surface area contributed by atoms with Crippen molar-refractivity contribution in [1.29, 1.82) is 0 Å². The molecule has 3 heterocycles. The van der Waals surface area contributed by atoms with Crippen molar-refractivity contribution in [3.8, 4) is 23.2 Å². The minimum absolute atomic E-state index is 0.117. The van der Waals surface area contributed by atoms with Crippen LogP contribution in [0.15, 0.2) is 82.3 Å². The Labute approximate surface area is 198 Å². The summed E-state index contributed by atoms with van der Waals surface area (Å²) in [6, 6.07) is 16.8. The lowest BCUT2D eigenvalue weighted by Gasteiger charge is -2.09. The highest BCUT2D eigenvalue weighted by Crippen LogP contribution is 2.26. The lowest BCUT2D eigenvalue weighted by molar-refractivity contribution is 0.102. The van der Waals surface area contributed by atoms with E-state index in [0.717, 1.165) is 0 Å². The molecule has 35 heavy (non-hydrogen) atoms. The summed E-state index contributed by atoms with van der Waals surface area (Å²) in [4.78, 5) is 33.8. The first-order chi connectivity index (χ1) is 17.0. The molecule has 2 aromatic carbocycles. The zero-order valence-electron chi connectivity index (χ0n) is 18.8. The van der Waals surface area contributed by atoms with Crippen LogP contribution < -0.4 is 20.4 Å². The van der Waals surface area contributed by atoms with Crippen molar-refractivity contribution in [3.05, 3.63) is 94.9 Å². The third kappa shape index (κ3) is 4.58. The molecule has 0 fully saturated rings. The Bertz CT molecular complexity index is 1580. The summed E-state index contributed by atoms with van der Waals surface area (Å²) < 4.78 is 18.0. The number of rotatable bonds is 6. The number of methoxy groups -OCH3 is 1. The van der Waals surface area contributed by atoms with Gasteiger partial charge in [0.1, 0.15) is 17.1 Å². The lowest BCUT2D eigenvalue weighted by Crippen LogP contribution is -2.20. The van der Waals surface area contributed by atoms with Crippen LogP contribution in [-0.2, 0) is 0 Å². The van der Waals surface area contributed by atoms with Crippen LogP contribution in [-0.4, -0.2) is 32.8 Å². The predicted octanol–water partition coefficient (Wildman–Crippen LogP) is 4.13. The number of hydrogen-bond donors (Lipinski definition) is 1. The lowest BCUT2D eigenvalue weighted by atomic mass is 10.1. The number of nitrogens with one attached hydrogen (secondary N) is 1. The highest BCUT2D eigenvalue weighted by atomic mass is 16.5. The standard InChI is InChI=1S/C25H19N5O5/c1-15-27-21(30-12-4-11-26-30)14-22(28-15)34-18-9-7-17(8-10-18)29-24(31)19-13-16-5-3-6-20(33-2)23(16)35-25(19)32/h3-14H,1-2H3,(H,29,31). The number of nitrogens with zero attached hydrogens (tertiary/aromatic N) is 4. The summed E-state index contributed by atoms with van der Waals surface area (Å²) in [5.41, 5.74) is -0.113. The first kappa shape index (κ1) is 21.8. The van der Waals surface area contributed by atoms with Gasteiger partial charge in [-0.25, -0.2) is 14.5 Å². The van der Waals surface area contributed by atoms with E-state index in [9.17, 15) is 9.59 Å². The van der Waals surface area contributed by atoms with Crippen LogP contribution in [0.3, 0.4) is 0 Å². The number of hydrogen-bond acceptors (Lipinski definition) is 8. The number of anilines is 1. The summed E-state index contributed by atoms with van der Waals surface area (Å²) in [5, 5.41) is 7.44. The first-order valence-electron chi connectivity index (χ1n) is 10.6. The normalized spacial score (nSPS) is 10.8. The van der Waals surface area contributed by atoms with Crippen LogP contribution in [0.5, 0.6) is 17.4 Å². The average Bonchev–Trinajstić information content (AvgIpc) is 3.39. The maximum absolute atomic E-state index is 12.7. The molecule has 3 aromatic heterocycles. The molecule has 0 saturated carbocycles. The SMILES string of the molecule is COc1cccc2cc(C(=O)Nc3ccc(Oc4cc(-n5cccn5)nc(C)n4)cc3)c(=O)oc12. The topological polar surface area (TPSA) is 121 Å². The minimum atomic E-state index is -0.758. The van der Waals surface area contributed by atoms with E-state index < -0.39 is 11.5 Å². The maximum Gasteiger partial charge on any atom is 0.349 e. The fourth-order valence-electron chi connectivity index (χ4n) is 3.46. The number of para-hydroxylation sites is 1. The smallest absolute Gasteiger partial charge is 0.349 e. The van der Waals surface area contributed by atoms with Crippen molar-refractivity contribution >= 4 is 22.6 Å². The number of benzene rings is 2. The van der Waals surface area contributed by atoms with E-state index in [1.54, 1.807) is 78.6 Å². The molecule has 0 bridgehead atoms. The third-order valence-corrected chi connectivity index (χ3v) is 5.06. The van der Waals surface area contributed by atoms with Crippen LogP contribution in [0, 0.1) is 6.92 Å². The van der Waals surface area contributed by atoms with Gasteiger partial charge in [-0.1, -0.05) is 12.1 Å². The Morgan fingerprint density at radius 2 is 1.89 bits per heavy atom. The van der Waals surface area contributed by atoms with Gasteiger partial charge in [0.15, 0.2) is 17.2 Å². The van der Waals surface area contributed by atoms with Gasteiger partial charge in [-0.15, -0.1) is 0 Å². The van der Waals surface area contributed by atoms with E-state index in [1.807, 2.05) is 0 Å². The highest BCUT2D eigenvalue weighted by Gasteiger charge is 2.16. The fourth-order valence-corrected chi connectivity index (χ4v) is 3.46. The number of aryl methyl sites for hydroxylation is 1. The number of amides is 1. The van der Waals surface area contributed by atoms with Crippen molar-refractivity contribution in [3.63, 3.8) is 0 Å². The molecule has 1 amide bonds. The maximum atomic E-state index is 12.7. The Kier molecular flexibility index (Phi) is 5.68. The van der Waals surface area contributed by atoms with E-state index in [4.69, 9.17) is 13.9 Å². The number of carbonyl (C=O) groups excluding carboxylic acids is 1. The molecule has 0 aliphatic heterocycles. The second kappa shape index (κ2) is 9.10. The summed E-state index contributed by atoms with van der Waals surface area (Å²) in [6.07, 6.45) is 3.43. The largest absolute Gasteiger partial charge is 0.493 e. The van der Waals surface area contributed by atoms with Crippen LogP contribution in [0.1, 0.15) is 16.2 Å². The quantitative estimate of drug-likeness (QED) is 0.369. The Balaban J connectivity index is 1.32. The van der Waals surface area contributed by atoms with Gasteiger partial charge >= 0.3 is 5.63 Å². The molecule has 5 aromatic rings. The molecule has 0 radical (unpaired) electrons. The van der Waals surface area contributed by atoms with Gasteiger partial charge in [0, 0.05) is 29.5 Å². The monoisotopic (exact) mass is 469 g/mol. The number of fused-ring (bicyclic) bond motifs is 1. The summed E-state index contributed by atoms with van der Waals surface area (Å²) in [6.45, 7) is 1.76. The van der Waals surface area contributed by atoms with Gasteiger partial charge in [-0.05, 0) is 49.4 Å². The van der Waals surface area contributed by atoms with Crippen molar-refractivity contribution in [2.45, 2.75) is 6.92 Å². The predicted molar refractivity (Wildman–Crippen MR) is 127 cm³/mol. The van der Waals surface area contributed by atoms with Gasteiger partial charge in [0.25, 0.3) is 5.91 Å². The second-order valence-corrected chi connectivity index (χ2v) is 7.47. The van der Waals surface area contributed by atoms with Gasteiger partial charge < -0.3 is 19.2 Å². The highest BCUT2D eigenvalue weighted by molar-refractivity contribution is 6.05. The Hall–Kier alpha value is -4.99. The average molecular weight is 469 g/mol. The molecule has 1 N–H and O–H groups in total. The number of ether oxygens (including phenoxy) is 2.